The van der Waals surface area contributed by atoms with Crippen LogP contribution in [0.25, 0.3) is 0 Å². The molecule has 0 heterocycles. The molecular weight excluding hydrogens is 187 g/mol. The van der Waals surface area contributed by atoms with Gasteiger partial charge in [-0.2, -0.15) is 0 Å². The van der Waals surface area contributed by atoms with Gasteiger partial charge in [0.15, 0.2) is 0 Å². The Kier molecular flexibility index (Phi) is 7.98. The maximum absolute atomic E-state index is 13.1. The molecule has 0 aromatic heterocycles. The van der Waals surface area contributed by atoms with Gasteiger partial charge < -0.3 is 0 Å². The van der Waals surface area contributed by atoms with E-state index in [1.165, 1.54) is 12.0 Å². The van der Waals surface area contributed by atoms with Crippen molar-refractivity contribution in [1.82, 2.24) is 0 Å². The lowest BCUT2D eigenvalue weighted by atomic mass is 9.91. The molecule has 1 heteroatoms. The topological polar surface area (TPSA) is 0 Å². The fourth-order valence-corrected chi connectivity index (χ4v) is 1.73. The predicted octanol–water partition coefficient (Wildman–Crippen LogP) is 4.76. The fraction of sp³-hybridized carbons (Fsp3) is 0.571. The van der Waals surface area contributed by atoms with Gasteiger partial charge >= 0.3 is 0 Å². The first kappa shape index (κ1) is 14.2. The van der Waals surface area contributed by atoms with Crippen LogP contribution < -0.4 is 0 Å². The highest BCUT2D eigenvalue weighted by Crippen LogP contribution is 2.22. The molecular formula is C14H23F. The van der Waals surface area contributed by atoms with Crippen LogP contribution in [0.4, 0.5) is 4.39 Å². The normalized spacial score (nSPS) is 12.6. The lowest BCUT2D eigenvalue weighted by Crippen LogP contribution is -2.04. The van der Waals surface area contributed by atoms with E-state index in [9.17, 15) is 4.39 Å². The first-order valence-corrected chi connectivity index (χ1v) is 6.14. The van der Waals surface area contributed by atoms with Gasteiger partial charge in [0.05, 0.1) is 0 Å². The SMILES string of the molecule is CC.CC.Fc1cccc2c1CCCC2. The van der Waals surface area contributed by atoms with Crippen molar-refractivity contribution in [3.05, 3.63) is 35.1 Å². The van der Waals surface area contributed by atoms with Crippen molar-refractivity contribution in [3.63, 3.8) is 0 Å². The van der Waals surface area contributed by atoms with E-state index in [-0.39, 0.29) is 5.82 Å². The summed E-state index contributed by atoms with van der Waals surface area (Å²) >= 11 is 0. The largest absolute Gasteiger partial charge is 0.207 e. The molecule has 2 rings (SSSR count). The molecule has 1 aromatic carbocycles. The third-order valence-corrected chi connectivity index (χ3v) is 2.34. The van der Waals surface area contributed by atoms with Crippen molar-refractivity contribution in [1.29, 1.82) is 0 Å². The van der Waals surface area contributed by atoms with E-state index >= 15 is 0 Å². The molecule has 0 saturated carbocycles. The highest BCUT2D eigenvalue weighted by Gasteiger charge is 2.11. The predicted molar refractivity (Wildman–Crippen MR) is 65.7 cm³/mol. The first-order valence-electron chi connectivity index (χ1n) is 6.14. The molecule has 0 amide bonds. The Labute approximate surface area is 93.5 Å². The number of hydrogen-bond acceptors (Lipinski definition) is 0. The second-order valence-corrected chi connectivity index (χ2v) is 3.08. The highest BCUT2D eigenvalue weighted by molar-refractivity contribution is 5.30. The van der Waals surface area contributed by atoms with Gasteiger partial charge in [0.1, 0.15) is 5.82 Å². The Hall–Kier alpha value is -0.850. The molecule has 1 aliphatic carbocycles. The summed E-state index contributed by atoms with van der Waals surface area (Å²) in [6.07, 6.45) is 4.36. The maximum Gasteiger partial charge on any atom is 0.126 e. The average molecular weight is 210 g/mol. The summed E-state index contributed by atoms with van der Waals surface area (Å²) in [5, 5.41) is 0. The van der Waals surface area contributed by atoms with Gasteiger partial charge in [0.25, 0.3) is 0 Å². The number of aryl methyl sites for hydroxylation is 1. The molecule has 1 aromatic rings. The smallest absolute Gasteiger partial charge is 0.126 e. The molecule has 0 spiro atoms. The number of halogens is 1. The van der Waals surface area contributed by atoms with Crippen molar-refractivity contribution < 1.29 is 4.39 Å². The van der Waals surface area contributed by atoms with Crippen molar-refractivity contribution >= 4 is 0 Å². The van der Waals surface area contributed by atoms with E-state index in [2.05, 4.69) is 0 Å². The van der Waals surface area contributed by atoms with E-state index < -0.39 is 0 Å². The summed E-state index contributed by atoms with van der Waals surface area (Å²) in [5.74, 6) is -0.0119. The van der Waals surface area contributed by atoms with Gasteiger partial charge in [-0.1, -0.05) is 39.8 Å². The molecule has 0 aliphatic heterocycles. The van der Waals surface area contributed by atoms with Crippen molar-refractivity contribution in [2.45, 2.75) is 53.4 Å². The molecule has 15 heavy (non-hydrogen) atoms. The molecule has 0 N–H and O–H groups in total. The molecule has 86 valence electrons. The second-order valence-electron chi connectivity index (χ2n) is 3.08. The zero-order valence-electron chi connectivity index (χ0n) is 10.4. The van der Waals surface area contributed by atoms with Crippen LogP contribution in [0, 0.1) is 5.82 Å². The van der Waals surface area contributed by atoms with Crippen LogP contribution in [-0.4, -0.2) is 0 Å². The molecule has 0 radical (unpaired) electrons. The minimum absolute atomic E-state index is 0.0119. The number of rotatable bonds is 0. The molecule has 0 saturated heterocycles. The zero-order valence-corrected chi connectivity index (χ0v) is 10.4. The van der Waals surface area contributed by atoms with Crippen LogP contribution in [0.3, 0.4) is 0 Å². The van der Waals surface area contributed by atoms with Gasteiger partial charge in [-0.3, -0.25) is 0 Å². The number of benzene rings is 1. The monoisotopic (exact) mass is 210 g/mol. The van der Waals surface area contributed by atoms with Gasteiger partial charge in [0, 0.05) is 0 Å². The van der Waals surface area contributed by atoms with Crippen molar-refractivity contribution in [2.24, 2.45) is 0 Å². The average Bonchev–Trinajstić information content (AvgIpc) is 2.35. The van der Waals surface area contributed by atoms with Crippen LogP contribution in [-0.2, 0) is 12.8 Å². The summed E-state index contributed by atoms with van der Waals surface area (Å²) in [6.45, 7) is 8.00. The summed E-state index contributed by atoms with van der Waals surface area (Å²) in [7, 11) is 0. The molecule has 0 bridgehead atoms. The number of fused-ring (bicyclic) bond motifs is 1. The zero-order chi connectivity index (χ0) is 11.7. The highest BCUT2D eigenvalue weighted by atomic mass is 19.1. The molecule has 0 fully saturated rings. The molecule has 0 nitrogen and oxygen atoms in total. The van der Waals surface area contributed by atoms with Crippen LogP contribution >= 0.6 is 0 Å². The summed E-state index contributed by atoms with van der Waals surface area (Å²) in [4.78, 5) is 0. The quantitative estimate of drug-likeness (QED) is 0.579. The lowest BCUT2D eigenvalue weighted by molar-refractivity contribution is 0.579. The third kappa shape index (κ3) is 4.03. The Bertz CT molecular complexity index is 266. The summed E-state index contributed by atoms with van der Waals surface area (Å²) in [6, 6.07) is 5.40. The van der Waals surface area contributed by atoms with Crippen molar-refractivity contribution in [3.8, 4) is 0 Å². The van der Waals surface area contributed by atoms with E-state index in [0.29, 0.717) is 0 Å². The van der Waals surface area contributed by atoms with Crippen LogP contribution in [0.5, 0.6) is 0 Å². The van der Waals surface area contributed by atoms with Gasteiger partial charge in [-0.15, -0.1) is 0 Å². The second kappa shape index (κ2) is 8.46. The minimum atomic E-state index is -0.0119. The van der Waals surface area contributed by atoms with E-state index in [1.807, 2.05) is 33.8 Å². The Morgan fingerprint density at radius 3 is 2.13 bits per heavy atom. The van der Waals surface area contributed by atoms with E-state index in [0.717, 1.165) is 24.8 Å². The van der Waals surface area contributed by atoms with Gasteiger partial charge in [0.2, 0.25) is 0 Å². The Morgan fingerprint density at radius 2 is 1.53 bits per heavy atom. The third-order valence-electron chi connectivity index (χ3n) is 2.34. The number of hydrogen-bond donors (Lipinski definition) is 0. The maximum atomic E-state index is 13.1. The lowest BCUT2D eigenvalue weighted by Gasteiger charge is -2.15. The Balaban J connectivity index is 0.000000442. The van der Waals surface area contributed by atoms with Crippen LogP contribution in [0.15, 0.2) is 18.2 Å². The standard InChI is InChI=1S/C10H11F.2C2H6/c11-10-7-3-5-8-4-1-2-6-9(8)10;2*1-2/h3,5,7H,1-2,4,6H2;2*1-2H3. The molecule has 0 atom stereocenters. The van der Waals surface area contributed by atoms with E-state index in [4.69, 9.17) is 0 Å². The van der Waals surface area contributed by atoms with E-state index in [1.54, 1.807) is 12.1 Å². The minimum Gasteiger partial charge on any atom is -0.207 e. The van der Waals surface area contributed by atoms with Crippen LogP contribution in [0.1, 0.15) is 51.7 Å². The van der Waals surface area contributed by atoms with Crippen molar-refractivity contribution in [2.75, 3.05) is 0 Å². The Morgan fingerprint density at radius 1 is 0.933 bits per heavy atom. The van der Waals surface area contributed by atoms with Gasteiger partial charge in [-0.05, 0) is 42.9 Å². The van der Waals surface area contributed by atoms with Crippen LogP contribution in [0.2, 0.25) is 0 Å². The fourth-order valence-electron chi connectivity index (χ4n) is 1.73. The summed E-state index contributed by atoms with van der Waals surface area (Å²) in [5.41, 5.74) is 2.18. The van der Waals surface area contributed by atoms with Gasteiger partial charge in [-0.25, -0.2) is 4.39 Å². The first-order chi connectivity index (χ1) is 7.38. The molecule has 0 unspecified atom stereocenters. The summed E-state index contributed by atoms with van der Waals surface area (Å²) < 4.78 is 13.1. The molecule has 1 aliphatic rings.